The van der Waals surface area contributed by atoms with Crippen LogP contribution in [-0.4, -0.2) is 40.7 Å². The van der Waals surface area contributed by atoms with E-state index in [9.17, 15) is 22.0 Å². The lowest BCUT2D eigenvalue weighted by Crippen LogP contribution is -2.56. The molecule has 130 valence electrons. The number of halogens is 5. The molecule has 1 fully saturated rings. The highest BCUT2D eigenvalue weighted by Gasteiger charge is 2.57. The molecule has 10 heteroatoms. The van der Waals surface area contributed by atoms with Gasteiger partial charge in [-0.1, -0.05) is 6.92 Å². The monoisotopic (exact) mass is 340 g/mol. The Bertz CT molecular complexity index is 561. The molecule has 0 aromatic carbocycles. The summed E-state index contributed by atoms with van der Waals surface area (Å²) in [5.41, 5.74) is -0.227. The van der Waals surface area contributed by atoms with Gasteiger partial charge in [-0.25, -0.2) is 0 Å². The van der Waals surface area contributed by atoms with Gasteiger partial charge in [-0.2, -0.15) is 27.1 Å². The highest BCUT2D eigenvalue weighted by atomic mass is 19.4. The van der Waals surface area contributed by atoms with Crippen molar-refractivity contribution in [2.75, 3.05) is 0 Å². The number of hydrogen-bond donors (Lipinski definition) is 0. The van der Waals surface area contributed by atoms with Gasteiger partial charge in [0.25, 0.3) is 0 Å². The van der Waals surface area contributed by atoms with Crippen LogP contribution in [-0.2, 0) is 15.9 Å². The lowest BCUT2D eigenvalue weighted by atomic mass is 9.74. The Hall–Kier alpha value is -1.16. The number of alkyl halides is 5. The lowest BCUT2D eigenvalue weighted by molar-refractivity contribution is -0.287. The van der Waals surface area contributed by atoms with Crippen LogP contribution in [0.5, 0.6) is 0 Å². The minimum absolute atomic E-state index is 0.0864. The molecular formula is C13H18BF5N2O2. The van der Waals surface area contributed by atoms with Crippen molar-refractivity contribution >= 4 is 12.6 Å². The van der Waals surface area contributed by atoms with E-state index in [0.29, 0.717) is 10.1 Å². The van der Waals surface area contributed by atoms with Gasteiger partial charge < -0.3 is 9.31 Å². The fourth-order valence-corrected chi connectivity index (χ4v) is 2.32. The van der Waals surface area contributed by atoms with Crippen LogP contribution in [0.1, 0.15) is 27.7 Å². The fourth-order valence-electron chi connectivity index (χ4n) is 2.32. The Balaban J connectivity index is 2.14. The van der Waals surface area contributed by atoms with Crippen molar-refractivity contribution in [2.45, 2.75) is 58.0 Å². The van der Waals surface area contributed by atoms with Crippen molar-refractivity contribution in [2.24, 2.45) is 5.92 Å². The first kappa shape index (κ1) is 18.2. The van der Waals surface area contributed by atoms with Gasteiger partial charge in [0.05, 0.1) is 5.60 Å². The summed E-state index contributed by atoms with van der Waals surface area (Å²) in [6.07, 6.45) is -3.52. The number of rotatable bonds is 3. The molecule has 2 heterocycles. The number of nitrogens with zero attached hydrogens (tertiary/aromatic N) is 2. The number of hydrogen-bond acceptors (Lipinski definition) is 3. The zero-order valence-electron chi connectivity index (χ0n) is 13.2. The van der Waals surface area contributed by atoms with Crippen LogP contribution in [0.15, 0.2) is 12.4 Å². The number of aromatic nitrogens is 2. The highest BCUT2D eigenvalue weighted by Crippen LogP contribution is 2.36. The maximum absolute atomic E-state index is 13.1. The Morgan fingerprint density at radius 1 is 1.26 bits per heavy atom. The van der Waals surface area contributed by atoms with Gasteiger partial charge in [-0.15, -0.1) is 0 Å². The van der Waals surface area contributed by atoms with E-state index in [1.807, 2.05) is 27.7 Å². The van der Waals surface area contributed by atoms with Gasteiger partial charge in [-0.05, 0) is 20.8 Å². The SMILES string of the molecule is CC1OB(c2cnn(CC(F)(F)C(F)(F)F)c2)OC(C)(C)C1C. The quantitative estimate of drug-likeness (QED) is 0.627. The molecule has 2 rings (SSSR count). The molecule has 0 saturated carbocycles. The molecule has 1 aromatic rings. The van der Waals surface area contributed by atoms with Crippen LogP contribution in [0.3, 0.4) is 0 Å². The summed E-state index contributed by atoms with van der Waals surface area (Å²) in [6.45, 7) is 5.95. The van der Waals surface area contributed by atoms with Crippen LogP contribution in [0, 0.1) is 5.92 Å². The van der Waals surface area contributed by atoms with Crippen molar-refractivity contribution in [1.29, 1.82) is 0 Å². The molecule has 0 radical (unpaired) electrons. The summed E-state index contributed by atoms with van der Waals surface area (Å²) in [6, 6.07) is 0. The highest BCUT2D eigenvalue weighted by molar-refractivity contribution is 6.61. The van der Waals surface area contributed by atoms with Gasteiger partial charge in [0.2, 0.25) is 0 Å². The van der Waals surface area contributed by atoms with Crippen LogP contribution in [0.25, 0.3) is 0 Å². The third-order valence-electron chi connectivity index (χ3n) is 4.25. The largest absolute Gasteiger partial charge is 0.497 e. The van der Waals surface area contributed by atoms with Gasteiger partial charge in [0, 0.05) is 29.9 Å². The summed E-state index contributed by atoms with van der Waals surface area (Å²) in [5.74, 6) is -4.77. The molecule has 0 aliphatic carbocycles. The average molecular weight is 340 g/mol. The average Bonchev–Trinajstić information content (AvgIpc) is 2.81. The minimum atomic E-state index is -5.62. The maximum atomic E-state index is 13.1. The van der Waals surface area contributed by atoms with Crippen molar-refractivity contribution in [3.8, 4) is 0 Å². The normalized spacial score (nSPS) is 25.7. The molecule has 0 bridgehead atoms. The molecule has 2 unspecified atom stereocenters. The van der Waals surface area contributed by atoms with Gasteiger partial charge in [-0.3, -0.25) is 4.68 Å². The topological polar surface area (TPSA) is 36.3 Å². The third kappa shape index (κ3) is 3.68. The molecule has 1 aliphatic heterocycles. The molecule has 0 spiro atoms. The van der Waals surface area contributed by atoms with E-state index >= 15 is 0 Å². The van der Waals surface area contributed by atoms with Gasteiger partial charge >= 0.3 is 19.2 Å². The van der Waals surface area contributed by atoms with Crippen LogP contribution in [0.4, 0.5) is 22.0 Å². The summed E-state index contributed by atoms with van der Waals surface area (Å²) >= 11 is 0. The smallest absolute Gasteiger partial charge is 0.404 e. The van der Waals surface area contributed by atoms with E-state index in [1.54, 1.807) is 0 Å². The van der Waals surface area contributed by atoms with E-state index in [2.05, 4.69) is 5.10 Å². The zero-order valence-corrected chi connectivity index (χ0v) is 13.2. The van der Waals surface area contributed by atoms with E-state index < -0.39 is 31.4 Å². The predicted molar refractivity (Wildman–Crippen MR) is 73.5 cm³/mol. The molecular weight excluding hydrogens is 322 g/mol. The molecule has 23 heavy (non-hydrogen) atoms. The van der Waals surface area contributed by atoms with Crippen LogP contribution in [0.2, 0.25) is 0 Å². The molecule has 1 aromatic heterocycles. The van der Waals surface area contributed by atoms with E-state index in [1.165, 1.54) is 6.20 Å². The van der Waals surface area contributed by atoms with Gasteiger partial charge in [0.1, 0.15) is 6.54 Å². The minimum Gasteiger partial charge on any atom is -0.404 e. The van der Waals surface area contributed by atoms with Crippen molar-refractivity contribution in [3.63, 3.8) is 0 Å². The molecule has 1 aliphatic rings. The van der Waals surface area contributed by atoms with Gasteiger partial charge in [0.15, 0.2) is 0 Å². The van der Waals surface area contributed by atoms with Crippen molar-refractivity contribution in [3.05, 3.63) is 12.4 Å². The predicted octanol–water partition coefficient (Wildman–Crippen LogP) is 2.63. The molecule has 1 saturated heterocycles. The zero-order chi connectivity index (χ0) is 17.6. The van der Waals surface area contributed by atoms with E-state index in [-0.39, 0.29) is 12.0 Å². The first-order valence-electron chi connectivity index (χ1n) is 7.14. The molecule has 2 atom stereocenters. The summed E-state index contributed by atoms with van der Waals surface area (Å²) in [7, 11) is -0.857. The van der Waals surface area contributed by atoms with Crippen molar-refractivity contribution in [1.82, 2.24) is 9.78 Å². The van der Waals surface area contributed by atoms with E-state index in [4.69, 9.17) is 9.31 Å². The second-order valence-corrected chi connectivity index (χ2v) is 6.36. The molecule has 0 amide bonds. The maximum Gasteiger partial charge on any atom is 0.497 e. The summed E-state index contributed by atoms with van der Waals surface area (Å²) in [4.78, 5) is 0. The second-order valence-electron chi connectivity index (χ2n) is 6.36. The Morgan fingerprint density at radius 3 is 2.39 bits per heavy atom. The Morgan fingerprint density at radius 2 is 1.87 bits per heavy atom. The Labute approximate surface area is 131 Å². The summed E-state index contributed by atoms with van der Waals surface area (Å²) in [5, 5.41) is 3.56. The summed E-state index contributed by atoms with van der Waals surface area (Å²) < 4.78 is 74.8. The van der Waals surface area contributed by atoms with E-state index in [0.717, 1.165) is 6.20 Å². The third-order valence-corrected chi connectivity index (χ3v) is 4.25. The lowest BCUT2D eigenvalue weighted by Gasteiger charge is -2.43. The Kier molecular flexibility index (Phi) is 4.53. The van der Waals surface area contributed by atoms with Crippen molar-refractivity contribution < 1.29 is 31.3 Å². The first-order chi connectivity index (χ1) is 10.3. The standard InChI is InChI=1S/C13H18BF5N2O2/c1-8-9(2)22-14(23-11(8,3)4)10-5-20-21(6-10)7-12(15,16)13(17,18)19/h5-6,8-9H,7H2,1-4H3. The first-order valence-corrected chi connectivity index (χ1v) is 7.14. The molecule has 0 N–H and O–H groups in total. The second kappa shape index (κ2) is 5.73. The fraction of sp³-hybridized carbons (Fsp3) is 0.769. The van der Waals surface area contributed by atoms with Crippen LogP contribution < -0.4 is 5.46 Å². The van der Waals surface area contributed by atoms with Crippen LogP contribution >= 0.6 is 0 Å². The molecule has 4 nitrogen and oxygen atoms in total.